The van der Waals surface area contributed by atoms with Crippen molar-refractivity contribution in [2.75, 3.05) is 12.9 Å². The van der Waals surface area contributed by atoms with Gasteiger partial charge in [-0.15, -0.1) is 0 Å². The third-order valence-corrected chi connectivity index (χ3v) is 5.04. The lowest BCUT2D eigenvalue weighted by molar-refractivity contribution is 0.0979. The number of aryl methyl sites for hydroxylation is 1. The van der Waals surface area contributed by atoms with E-state index in [-0.39, 0.29) is 5.91 Å². The van der Waals surface area contributed by atoms with Crippen molar-refractivity contribution >= 4 is 39.7 Å². The average Bonchev–Trinajstić information content (AvgIpc) is 3.10. The van der Waals surface area contributed by atoms with Crippen LogP contribution in [0, 0.1) is 0 Å². The molecule has 2 N–H and O–H groups in total. The van der Waals surface area contributed by atoms with Gasteiger partial charge in [-0.2, -0.15) is 0 Å². The Hall–Kier alpha value is -2.99. The van der Waals surface area contributed by atoms with Crippen molar-refractivity contribution in [3.63, 3.8) is 0 Å². The second-order valence-electron chi connectivity index (χ2n) is 6.47. The smallest absolute Gasteiger partial charge is 0.277 e. The Labute approximate surface area is 167 Å². The summed E-state index contributed by atoms with van der Waals surface area (Å²) in [6.07, 6.45) is 5.20. The highest BCUT2D eigenvalue weighted by atomic mass is 32.2. The first-order valence-corrected chi connectivity index (χ1v) is 10.4. The lowest BCUT2D eigenvalue weighted by Crippen LogP contribution is -2.17. The molecule has 0 aliphatic heterocycles. The predicted octanol–water partition coefficient (Wildman–Crippen LogP) is 4.74. The minimum absolute atomic E-state index is 0.0957. The molecule has 4 aromatic rings. The van der Waals surface area contributed by atoms with Gasteiger partial charge in [0.05, 0.1) is 12.1 Å². The van der Waals surface area contributed by atoms with Gasteiger partial charge in [-0.1, -0.05) is 36.2 Å². The highest BCUT2D eigenvalue weighted by Crippen LogP contribution is 2.25. The molecule has 0 radical (unpaired) electrons. The van der Waals surface area contributed by atoms with E-state index in [9.17, 15) is 4.79 Å². The van der Waals surface area contributed by atoms with Gasteiger partial charge in [0.25, 0.3) is 5.91 Å². The highest BCUT2D eigenvalue weighted by Gasteiger charge is 2.17. The van der Waals surface area contributed by atoms with Gasteiger partial charge in [-0.3, -0.25) is 14.5 Å². The van der Waals surface area contributed by atoms with Gasteiger partial charge < -0.3 is 9.72 Å². The normalized spacial score (nSPS) is 11.0. The summed E-state index contributed by atoms with van der Waals surface area (Å²) in [5, 5.41) is 2.15. The van der Waals surface area contributed by atoms with Crippen molar-refractivity contribution < 1.29 is 9.53 Å². The lowest BCUT2D eigenvalue weighted by Gasteiger charge is -2.08. The maximum absolute atomic E-state index is 12.4. The van der Waals surface area contributed by atoms with Gasteiger partial charge >= 0.3 is 0 Å². The number of amides is 1. The van der Waals surface area contributed by atoms with Crippen LogP contribution in [0.3, 0.4) is 0 Å². The maximum Gasteiger partial charge on any atom is 0.277 e. The largest absolute Gasteiger partial charge is 0.494 e. The van der Waals surface area contributed by atoms with Crippen LogP contribution in [0.4, 0.5) is 0 Å². The van der Waals surface area contributed by atoms with Crippen LogP contribution >= 0.6 is 11.9 Å². The molecule has 1 amide bonds. The first kappa shape index (κ1) is 18.4. The van der Waals surface area contributed by atoms with Crippen LogP contribution in [0.15, 0.2) is 60.8 Å². The summed E-state index contributed by atoms with van der Waals surface area (Å²) in [7, 11) is 0. The number of aromatic nitrogens is 2. The van der Waals surface area contributed by atoms with E-state index in [1.54, 1.807) is 6.20 Å². The molecule has 0 fully saturated rings. The molecule has 0 aliphatic carbocycles. The Kier molecular flexibility index (Phi) is 5.48. The number of pyridine rings is 1. The Morgan fingerprint density at radius 3 is 2.96 bits per heavy atom. The number of benzene rings is 2. The number of carbonyl (C=O) groups excluding carboxylic acids is 1. The molecule has 0 saturated heterocycles. The number of nitrogens with zero attached hydrogens (tertiary/aromatic N) is 1. The van der Waals surface area contributed by atoms with Crippen LogP contribution < -0.4 is 9.46 Å². The van der Waals surface area contributed by atoms with Crippen molar-refractivity contribution in [1.82, 2.24) is 14.7 Å². The zero-order chi connectivity index (χ0) is 19.3. The average molecular weight is 391 g/mol. The molecule has 5 nitrogen and oxygen atoms in total. The quantitative estimate of drug-likeness (QED) is 0.353. The van der Waals surface area contributed by atoms with Gasteiger partial charge in [-0.25, -0.2) is 0 Å². The summed E-state index contributed by atoms with van der Waals surface area (Å²) >= 11 is 1.30. The van der Waals surface area contributed by atoms with E-state index < -0.39 is 0 Å². The topological polar surface area (TPSA) is 67.0 Å². The molecule has 6 heteroatoms. The Morgan fingerprint density at radius 2 is 2.07 bits per heavy atom. The van der Waals surface area contributed by atoms with E-state index in [0.29, 0.717) is 12.3 Å². The summed E-state index contributed by atoms with van der Waals surface area (Å²) < 4.78 is 8.74. The maximum atomic E-state index is 12.4. The third kappa shape index (κ3) is 3.82. The molecule has 142 valence electrons. The van der Waals surface area contributed by atoms with E-state index in [1.807, 2.05) is 60.9 Å². The molecule has 0 aliphatic rings. The molecule has 2 aromatic heterocycles. The number of H-pyrrole nitrogens is 1. The van der Waals surface area contributed by atoms with Gasteiger partial charge in [0.2, 0.25) is 0 Å². The number of ether oxygens (including phenoxy) is 1. The summed E-state index contributed by atoms with van der Waals surface area (Å²) in [5.41, 5.74) is 3.60. The molecule has 2 aromatic carbocycles. The minimum atomic E-state index is -0.0957. The number of para-hydroxylation sites is 1. The number of hydrogen-bond donors (Lipinski definition) is 2. The fourth-order valence-corrected chi connectivity index (χ4v) is 3.67. The van der Waals surface area contributed by atoms with E-state index >= 15 is 0 Å². The SMILES string of the molecule is CSNC(=O)c1[nH]c2ccccc2c1CCCOc1ccc2ncccc2c1. The zero-order valence-corrected chi connectivity index (χ0v) is 16.4. The standard InChI is InChI=1S/C22H21N3O2S/c1-28-25-22(26)21-18(17-7-2-3-9-20(17)24-21)8-5-13-27-16-10-11-19-15(14-16)6-4-12-23-19/h2-4,6-7,9-12,14,24H,5,8,13H2,1H3,(H,25,26). The molecule has 4 rings (SSSR count). The summed E-state index contributed by atoms with van der Waals surface area (Å²) in [6.45, 7) is 0.578. The van der Waals surface area contributed by atoms with Crippen molar-refractivity contribution in [3.05, 3.63) is 72.1 Å². The molecule has 0 atom stereocenters. The number of fused-ring (bicyclic) bond motifs is 2. The number of aromatic amines is 1. The van der Waals surface area contributed by atoms with Crippen LogP contribution in [0.2, 0.25) is 0 Å². The number of rotatable bonds is 7. The molecular weight excluding hydrogens is 370 g/mol. The first-order chi connectivity index (χ1) is 13.8. The van der Waals surface area contributed by atoms with E-state index in [2.05, 4.69) is 14.7 Å². The van der Waals surface area contributed by atoms with Gasteiger partial charge in [0.15, 0.2) is 0 Å². The Morgan fingerprint density at radius 1 is 1.18 bits per heavy atom. The molecule has 28 heavy (non-hydrogen) atoms. The highest BCUT2D eigenvalue weighted by molar-refractivity contribution is 7.97. The zero-order valence-electron chi connectivity index (χ0n) is 15.6. The lowest BCUT2D eigenvalue weighted by atomic mass is 10.1. The van der Waals surface area contributed by atoms with Crippen molar-refractivity contribution in [2.24, 2.45) is 0 Å². The molecule has 0 saturated carbocycles. The van der Waals surface area contributed by atoms with Crippen LogP contribution in [0.25, 0.3) is 21.8 Å². The number of nitrogens with one attached hydrogen (secondary N) is 2. The second-order valence-corrected chi connectivity index (χ2v) is 7.08. The van der Waals surface area contributed by atoms with Gasteiger partial charge in [0, 0.05) is 28.7 Å². The molecule has 0 bridgehead atoms. The third-order valence-electron chi connectivity index (χ3n) is 4.65. The summed E-state index contributed by atoms with van der Waals surface area (Å²) in [5.74, 6) is 0.737. The van der Waals surface area contributed by atoms with Gasteiger partial charge in [0.1, 0.15) is 11.4 Å². The van der Waals surface area contributed by atoms with Crippen LogP contribution in [0.1, 0.15) is 22.5 Å². The molecule has 2 heterocycles. The van der Waals surface area contributed by atoms with Crippen LogP contribution in [-0.2, 0) is 6.42 Å². The Balaban J connectivity index is 1.46. The number of carbonyl (C=O) groups is 1. The van der Waals surface area contributed by atoms with Crippen molar-refractivity contribution in [1.29, 1.82) is 0 Å². The molecular formula is C22H21N3O2S. The monoisotopic (exact) mass is 391 g/mol. The number of hydrogen-bond acceptors (Lipinski definition) is 4. The molecule has 0 spiro atoms. The van der Waals surface area contributed by atoms with Crippen molar-refractivity contribution in [2.45, 2.75) is 12.8 Å². The van der Waals surface area contributed by atoms with E-state index in [1.165, 1.54) is 11.9 Å². The minimum Gasteiger partial charge on any atom is -0.494 e. The Bertz CT molecular complexity index is 1120. The predicted molar refractivity (Wildman–Crippen MR) is 115 cm³/mol. The fraction of sp³-hybridized carbons (Fsp3) is 0.182. The van der Waals surface area contributed by atoms with Crippen LogP contribution in [0.5, 0.6) is 5.75 Å². The first-order valence-electron chi connectivity index (χ1n) is 9.17. The van der Waals surface area contributed by atoms with Gasteiger partial charge in [-0.05, 0) is 48.7 Å². The fourth-order valence-electron chi connectivity index (χ4n) is 3.38. The molecule has 0 unspecified atom stereocenters. The van der Waals surface area contributed by atoms with E-state index in [4.69, 9.17) is 4.74 Å². The summed E-state index contributed by atoms with van der Waals surface area (Å²) in [4.78, 5) is 20.0. The van der Waals surface area contributed by atoms with Crippen LogP contribution in [-0.4, -0.2) is 28.7 Å². The second kappa shape index (κ2) is 8.35. The van der Waals surface area contributed by atoms with Crippen molar-refractivity contribution in [3.8, 4) is 5.75 Å². The summed E-state index contributed by atoms with van der Waals surface area (Å²) in [6, 6.07) is 17.9. The van der Waals surface area contributed by atoms with E-state index in [0.717, 1.165) is 46.0 Å².